The lowest BCUT2D eigenvalue weighted by Crippen LogP contribution is -2.13. The maximum Gasteiger partial charge on any atom is 0.263 e. The first-order valence-electron chi connectivity index (χ1n) is 6.77. The van der Waals surface area contributed by atoms with Gasteiger partial charge in [-0.3, -0.25) is 4.72 Å². The Morgan fingerprint density at radius 2 is 1.87 bits per heavy atom. The van der Waals surface area contributed by atoms with Crippen LogP contribution in [0.25, 0.3) is 10.8 Å². The van der Waals surface area contributed by atoms with E-state index in [-0.39, 0.29) is 22.2 Å². The molecule has 0 radical (unpaired) electrons. The van der Waals surface area contributed by atoms with E-state index in [4.69, 9.17) is 0 Å². The Balaban J connectivity index is 2.05. The van der Waals surface area contributed by atoms with Gasteiger partial charge in [-0.15, -0.1) is 0 Å². The number of hydrogen-bond donors (Lipinski definition) is 3. The Morgan fingerprint density at radius 1 is 1.09 bits per heavy atom. The molecule has 0 aliphatic rings. The molecule has 0 spiro atoms. The predicted octanol–water partition coefficient (Wildman–Crippen LogP) is 2.76. The number of aromatic nitrogens is 1. The van der Waals surface area contributed by atoms with Gasteiger partial charge in [0.25, 0.3) is 10.0 Å². The molecular weight excluding hydrogens is 316 g/mol. The normalized spacial score (nSPS) is 11.5. The predicted molar refractivity (Wildman–Crippen MR) is 87.1 cm³/mol. The van der Waals surface area contributed by atoms with Crippen molar-refractivity contribution in [2.24, 2.45) is 0 Å². The summed E-state index contributed by atoms with van der Waals surface area (Å²) in [4.78, 5) is 3.81. The zero-order valence-corrected chi connectivity index (χ0v) is 13.0. The van der Waals surface area contributed by atoms with Gasteiger partial charge < -0.3 is 10.2 Å². The zero-order chi connectivity index (χ0) is 16.6. The van der Waals surface area contributed by atoms with Gasteiger partial charge in [-0.25, -0.2) is 13.4 Å². The fourth-order valence-corrected chi connectivity index (χ4v) is 3.29. The molecule has 0 aliphatic heterocycles. The van der Waals surface area contributed by atoms with E-state index in [1.165, 1.54) is 30.5 Å². The molecule has 0 aliphatic carbocycles. The van der Waals surface area contributed by atoms with Gasteiger partial charge in [0, 0.05) is 11.6 Å². The van der Waals surface area contributed by atoms with E-state index < -0.39 is 10.0 Å². The lowest BCUT2D eigenvalue weighted by Gasteiger charge is -2.10. The number of fused-ring (bicyclic) bond motifs is 1. The summed E-state index contributed by atoms with van der Waals surface area (Å²) in [5.41, 5.74) is 0.713. The van der Waals surface area contributed by atoms with E-state index in [0.29, 0.717) is 16.3 Å². The highest BCUT2D eigenvalue weighted by molar-refractivity contribution is 7.92. The second kappa shape index (κ2) is 5.44. The molecule has 3 aromatic rings. The topological polar surface area (TPSA) is 99.5 Å². The summed E-state index contributed by atoms with van der Waals surface area (Å²) in [6.45, 7) is 1.77. The summed E-state index contributed by atoms with van der Waals surface area (Å²) in [5.74, 6) is -0.272. The first-order valence-corrected chi connectivity index (χ1v) is 8.26. The maximum atomic E-state index is 12.4. The van der Waals surface area contributed by atoms with Crippen LogP contribution in [0.3, 0.4) is 0 Å². The molecular formula is C16H14N2O4S. The summed E-state index contributed by atoms with van der Waals surface area (Å²) in [6, 6.07) is 10.7. The van der Waals surface area contributed by atoms with Crippen molar-refractivity contribution >= 4 is 26.6 Å². The third-order valence-electron chi connectivity index (χ3n) is 3.49. The molecule has 2 aromatic carbocycles. The average molecular weight is 330 g/mol. The number of rotatable bonds is 3. The van der Waals surface area contributed by atoms with Crippen LogP contribution < -0.4 is 4.72 Å². The fourth-order valence-electron chi connectivity index (χ4n) is 2.23. The third kappa shape index (κ3) is 2.78. The highest BCUT2D eigenvalue weighted by Crippen LogP contribution is 2.30. The van der Waals surface area contributed by atoms with Gasteiger partial charge in [0.1, 0.15) is 5.75 Å². The molecule has 0 fully saturated rings. The van der Waals surface area contributed by atoms with Crippen LogP contribution in [-0.4, -0.2) is 23.6 Å². The Kier molecular flexibility index (Phi) is 3.57. The highest BCUT2D eigenvalue weighted by atomic mass is 32.2. The highest BCUT2D eigenvalue weighted by Gasteiger charge is 2.18. The van der Waals surface area contributed by atoms with Gasteiger partial charge in [-0.05, 0) is 48.2 Å². The molecule has 0 unspecified atom stereocenters. The maximum absolute atomic E-state index is 12.4. The minimum absolute atomic E-state index is 0.0123. The molecule has 23 heavy (non-hydrogen) atoms. The van der Waals surface area contributed by atoms with Gasteiger partial charge in [0.15, 0.2) is 11.6 Å². The molecule has 1 aromatic heterocycles. The first-order chi connectivity index (χ1) is 10.9. The minimum Gasteiger partial charge on any atom is -0.507 e. The van der Waals surface area contributed by atoms with Crippen LogP contribution in [0.5, 0.6) is 11.5 Å². The van der Waals surface area contributed by atoms with Crippen molar-refractivity contribution in [3.8, 4) is 11.5 Å². The van der Waals surface area contributed by atoms with Crippen LogP contribution in [0.2, 0.25) is 0 Å². The van der Waals surface area contributed by atoms with Crippen molar-refractivity contribution in [2.45, 2.75) is 11.8 Å². The van der Waals surface area contributed by atoms with Crippen LogP contribution in [0.15, 0.2) is 53.6 Å². The number of anilines is 1. The quantitative estimate of drug-likeness (QED) is 0.686. The van der Waals surface area contributed by atoms with Crippen LogP contribution in [-0.2, 0) is 10.0 Å². The Bertz CT molecular complexity index is 1000. The van der Waals surface area contributed by atoms with Gasteiger partial charge in [-0.1, -0.05) is 12.1 Å². The lowest BCUT2D eigenvalue weighted by molar-refractivity contribution is 0.475. The van der Waals surface area contributed by atoms with Crippen LogP contribution in [0.4, 0.5) is 5.82 Å². The Hall–Kier alpha value is -2.80. The van der Waals surface area contributed by atoms with E-state index in [2.05, 4.69) is 9.71 Å². The molecule has 0 saturated heterocycles. The lowest BCUT2D eigenvalue weighted by atomic mass is 10.1. The molecule has 1 heterocycles. The molecule has 7 heteroatoms. The van der Waals surface area contributed by atoms with E-state index in [9.17, 15) is 18.6 Å². The molecule has 3 N–H and O–H groups in total. The number of aromatic hydroxyl groups is 2. The molecule has 0 bridgehead atoms. The zero-order valence-electron chi connectivity index (χ0n) is 12.2. The summed E-state index contributed by atoms with van der Waals surface area (Å²) < 4.78 is 27.1. The largest absolute Gasteiger partial charge is 0.507 e. The Labute approximate surface area is 133 Å². The number of pyridine rings is 1. The number of benzene rings is 2. The Morgan fingerprint density at radius 3 is 2.61 bits per heavy atom. The third-order valence-corrected chi connectivity index (χ3v) is 4.83. The molecule has 3 rings (SSSR count). The number of phenolic OH excluding ortho intramolecular Hbond substituents is 1. The minimum atomic E-state index is -3.90. The number of nitrogens with zero attached hydrogens (tertiary/aromatic N) is 1. The second-order valence-corrected chi connectivity index (χ2v) is 6.77. The number of aryl methyl sites for hydroxylation is 1. The average Bonchev–Trinajstić information content (AvgIpc) is 2.53. The SMILES string of the molecule is Cc1ccc2cc(S(=O)(=O)Nc3ncccc3O)ccc2c1O. The van der Waals surface area contributed by atoms with Crippen LogP contribution >= 0.6 is 0 Å². The van der Waals surface area contributed by atoms with E-state index in [0.717, 1.165) is 0 Å². The van der Waals surface area contributed by atoms with E-state index >= 15 is 0 Å². The van der Waals surface area contributed by atoms with Crippen molar-refractivity contribution in [3.05, 3.63) is 54.2 Å². The van der Waals surface area contributed by atoms with Gasteiger partial charge in [0.05, 0.1) is 4.90 Å². The molecule has 118 valence electrons. The molecule has 0 amide bonds. The summed E-state index contributed by atoms with van der Waals surface area (Å²) in [5, 5.41) is 20.8. The monoisotopic (exact) mass is 330 g/mol. The van der Waals surface area contributed by atoms with E-state index in [1.54, 1.807) is 25.1 Å². The molecule has 0 atom stereocenters. The van der Waals surface area contributed by atoms with Crippen LogP contribution in [0.1, 0.15) is 5.56 Å². The van der Waals surface area contributed by atoms with Crippen molar-refractivity contribution in [2.75, 3.05) is 4.72 Å². The number of nitrogens with one attached hydrogen (secondary N) is 1. The van der Waals surface area contributed by atoms with Crippen molar-refractivity contribution in [1.82, 2.24) is 4.98 Å². The molecule has 0 saturated carbocycles. The number of sulfonamides is 1. The summed E-state index contributed by atoms with van der Waals surface area (Å²) >= 11 is 0. The standard InChI is InChI=1S/C16H14N2O4S/c1-10-4-5-11-9-12(6-7-13(11)15(10)20)23(21,22)18-16-14(19)3-2-8-17-16/h2-9,19-20H,1H3,(H,17,18). The van der Waals surface area contributed by atoms with Crippen molar-refractivity contribution < 1.29 is 18.6 Å². The van der Waals surface area contributed by atoms with Gasteiger partial charge >= 0.3 is 0 Å². The fraction of sp³-hybridized carbons (Fsp3) is 0.0625. The van der Waals surface area contributed by atoms with Crippen LogP contribution in [0, 0.1) is 6.92 Å². The summed E-state index contributed by atoms with van der Waals surface area (Å²) in [6.07, 6.45) is 1.37. The smallest absolute Gasteiger partial charge is 0.263 e. The van der Waals surface area contributed by atoms with Crippen molar-refractivity contribution in [1.29, 1.82) is 0 Å². The first kappa shape index (κ1) is 15.1. The van der Waals surface area contributed by atoms with Gasteiger partial charge in [0.2, 0.25) is 0 Å². The van der Waals surface area contributed by atoms with Crippen molar-refractivity contribution in [3.63, 3.8) is 0 Å². The van der Waals surface area contributed by atoms with Gasteiger partial charge in [-0.2, -0.15) is 0 Å². The summed E-state index contributed by atoms with van der Waals surface area (Å²) in [7, 11) is -3.90. The number of hydrogen-bond acceptors (Lipinski definition) is 5. The van der Waals surface area contributed by atoms with E-state index in [1.807, 2.05) is 0 Å². The number of phenols is 1. The molecule has 6 nitrogen and oxygen atoms in total. The second-order valence-electron chi connectivity index (χ2n) is 5.09.